The van der Waals surface area contributed by atoms with Crippen molar-refractivity contribution in [3.8, 4) is 80.1 Å². The predicted octanol–water partition coefficient (Wildman–Crippen LogP) is 1.19. The lowest BCUT2D eigenvalue weighted by Gasteiger charge is -2.44. The number of phenols is 5. The number of hydrogen-bond donors (Lipinski definition) is 21. The quantitative estimate of drug-likeness (QED) is 0.0680. The lowest BCUT2D eigenvalue weighted by Crippen LogP contribution is -2.65. The molecule has 17 bridgehead atoms. The Morgan fingerprint density at radius 2 is 1.14 bits per heavy atom. The maximum Gasteiger partial charge on any atom is 0.248 e. The second-order valence-corrected chi connectivity index (χ2v) is 29.6. The van der Waals surface area contributed by atoms with E-state index in [0.29, 0.717) is 19.6 Å². The molecule has 0 unspecified atom stereocenters. The van der Waals surface area contributed by atoms with Crippen molar-refractivity contribution in [2.75, 3.05) is 39.4 Å². The summed E-state index contributed by atoms with van der Waals surface area (Å²) in [6.45, 7) is 4.38. The van der Waals surface area contributed by atoms with E-state index in [-0.39, 0.29) is 63.2 Å². The third-order valence-corrected chi connectivity index (χ3v) is 21.5. The summed E-state index contributed by atoms with van der Waals surface area (Å²) in [5.41, 5.74) is 3.92. The number of halogens is 2. The van der Waals surface area contributed by atoms with Gasteiger partial charge in [0, 0.05) is 43.1 Å². The Balaban J connectivity index is 1.06. The molecule has 118 heavy (non-hydrogen) atoms. The minimum Gasteiger partial charge on any atom is -0.508 e. The molecule has 22 N–H and O–H groups in total. The maximum absolute atomic E-state index is 16.6. The second kappa shape index (κ2) is 35.4. The Morgan fingerprint density at radius 1 is 0.559 bits per heavy atom. The average Bonchev–Trinajstić information content (AvgIpc) is 0.764. The van der Waals surface area contributed by atoms with Crippen LogP contribution in [0.5, 0.6) is 69.0 Å². The summed E-state index contributed by atoms with van der Waals surface area (Å²) in [6.07, 6.45) is -20.2. The first-order valence-electron chi connectivity index (χ1n) is 37.3. The van der Waals surface area contributed by atoms with E-state index < -0.39 is 255 Å². The van der Waals surface area contributed by atoms with Crippen LogP contribution in [0, 0.1) is 0 Å². The van der Waals surface area contributed by atoms with Crippen molar-refractivity contribution in [3.63, 3.8) is 0 Å². The number of amides is 8. The van der Waals surface area contributed by atoms with Crippen molar-refractivity contribution in [2.24, 2.45) is 5.73 Å². The number of carbonyl (C=O) groups excluding carboxylic acids is 8. The molecular formula is C79H84Cl2N10O27. The van der Waals surface area contributed by atoms with Crippen LogP contribution in [0.4, 0.5) is 0 Å². The molecule has 15 rings (SSSR count). The molecule has 8 heterocycles. The van der Waals surface area contributed by atoms with Crippen LogP contribution in [-0.2, 0) is 59.0 Å². The van der Waals surface area contributed by atoms with Crippen LogP contribution in [0.2, 0.25) is 10.0 Å². The smallest absolute Gasteiger partial charge is 0.248 e. The minimum atomic E-state index is -2.42. The van der Waals surface area contributed by atoms with E-state index in [1.807, 2.05) is 18.7 Å². The zero-order valence-corrected chi connectivity index (χ0v) is 64.3. The second-order valence-electron chi connectivity index (χ2n) is 28.8. The number of hydrogen-bond acceptors (Lipinski definition) is 29. The molecule has 2 saturated heterocycles. The van der Waals surface area contributed by atoms with Crippen molar-refractivity contribution in [3.05, 3.63) is 164 Å². The lowest BCUT2D eigenvalue weighted by molar-refractivity contribution is -0.284. The first-order chi connectivity index (χ1) is 56.3. The van der Waals surface area contributed by atoms with E-state index in [1.54, 1.807) is 0 Å². The third kappa shape index (κ3) is 17.7. The Bertz CT molecular complexity index is 5060. The number of nitrogens with one attached hydrogen (secondary N) is 8. The molecule has 0 spiro atoms. The summed E-state index contributed by atoms with van der Waals surface area (Å²) in [5.74, 6) is -16.4. The first-order valence-corrected chi connectivity index (χ1v) is 38.0. The number of aliphatic hydroxyl groups is 7. The number of phenolic OH excluding ortho intramolecular Hbond substituents is 5. The molecule has 0 saturated carbocycles. The SMILES string of the molecule is CCN(CC)CCCNC(=O)[C@H]1NC(=O)[C@H]2NC(=O)[C@H](NC(=O)[C@@H]3NC(=O)[C@H]4NC(=O)[C@@H](Cc5ccc(c(Cl)c5)Oc5cc3cc(c5O)Oc3ccc(cc3Cl)[C@H]2O[C@@H]2O[C@@H](CO)[C@@H](O)[C@H](O)[C@@H]2NC(C)=O)NC(=O)[C@H](N)c2ccc(O)c(c2)Oc2cc(O)cc4c2)c2ccc(O)c(c2)-c2c(O[C@H]3O[C@H](CO)[C@@H](O)[C@@H](O)[C@@H]3O)cc(O)cc21. The monoisotopic (exact) mass is 1670 g/mol. The van der Waals surface area contributed by atoms with E-state index in [9.17, 15) is 70.9 Å². The van der Waals surface area contributed by atoms with E-state index in [1.165, 1.54) is 48.5 Å². The maximum atomic E-state index is 16.6. The Kier molecular flexibility index (Phi) is 25.4. The molecule has 8 aliphatic heterocycles. The van der Waals surface area contributed by atoms with Crippen molar-refractivity contribution in [2.45, 2.75) is 143 Å². The average molecular weight is 1680 g/mol. The van der Waals surface area contributed by atoms with Gasteiger partial charge in [0.15, 0.2) is 29.3 Å². The van der Waals surface area contributed by atoms with E-state index in [2.05, 4.69) is 42.5 Å². The fraction of sp³-hybridized carbons (Fsp3) is 0.367. The van der Waals surface area contributed by atoms with Crippen LogP contribution in [0.25, 0.3) is 11.1 Å². The normalized spacial score (nSPS) is 27.0. The lowest BCUT2D eigenvalue weighted by atomic mass is 9.89. The minimum absolute atomic E-state index is 0.0750. The molecule has 39 heteroatoms. The summed E-state index contributed by atoms with van der Waals surface area (Å²) in [7, 11) is 0. The molecule has 0 aliphatic carbocycles. The molecule has 0 aromatic heterocycles. The van der Waals surface area contributed by atoms with Crippen molar-refractivity contribution in [1.82, 2.24) is 47.4 Å². The molecule has 0 radical (unpaired) electrons. The fourth-order valence-electron chi connectivity index (χ4n) is 14.6. The number of nitrogens with two attached hydrogens (primary N) is 1. The van der Waals surface area contributed by atoms with E-state index >= 15 is 28.8 Å². The number of aliphatic hydroxyl groups excluding tert-OH is 7. The van der Waals surface area contributed by atoms with Gasteiger partial charge < -0.3 is 148 Å². The standard InChI is InChI=1S/C79H84Cl2N10O27/c1-4-91(5-2)16-6-15-83-73(107)61-42-27-39(96)28-51(115-79-69(104)68(103)66(101)55(30-93)117-79)56(42)41-21-34(9-11-46(41)97)58-74(108)90-63(77(111)89-61)70(118-78-62(84-31(3)94)67(102)65(100)54(29-92)116-78)35-10-14-49(44(81)22-35)114-53-25-37-24-52(64(53)99)113-48-13-7-32(17-43(48)80)18-45-71(105)86-59(75(109)88-60(37)76(110)87-58)36-19-38(95)26-40(20-36)112-50-23-33(8-12-47(50)98)57(82)72(106)85-45/h7-14,17,19-28,45,54-55,57-63,65-70,78-79,92-93,95-104H,4-6,15-16,18,29-30,82H2,1-3H3,(H,83,107)(H,84,94)(H,85,106)(H,86,105)(H,87,110)(H,88,109)(H,89,111)(H,90,108)/t45-,54+,55-,57-,58-,59+,60-,61+,62+,63+,65-,66-,67-,68-,69+,70-,78+,79+/m1/s1. The Morgan fingerprint density at radius 3 is 1.80 bits per heavy atom. The molecule has 626 valence electrons. The first kappa shape index (κ1) is 84.5. The highest BCUT2D eigenvalue weighted by molar-refractivity contribution is 6.32. The summed E-state index contributed by atoms with van der Waals surface area (Å²) < 4.78 is 43.8. The van der Waals surface area contributed by atoms with Gasteiger partial charge in [0.1, 0.15) is 137 Å². The van der Waals surface area contributed by atoms with E-state index in [4.69, 9.17) is 62.1 Å². The third-order valence-electron chi connectivity index (χ3n) is 20.9. The number of carbonyl (C=O) groups is 8. The zero-order chi connectivity index (χ0) is 84.6. The number of aromatic hydroxyl groups is 5. The number of nitrogens with zero attached hydrogens (tertiary/aromatic N) is 1. The van der Waals surface area contributed by atoms with Gasteiger partial charge in [-0.1, -0.05) is 61.3 Å². The van der Waals surface area contributed by atoms with E-state index in [0.717, 1.165) is 73.7 Å². The van der Waals surface area contributed by atoms with Crippen LogP contribution in [0.15, 0.2) is 115 Å². The van der Waals surface area contributed by atoms with Crippen LogP contribution >= 0.6 is 23.2 Å². The zero-order valence-electron chi connectivity index (χ0n) is 62.8. The van der Waals surface area contributed by atoms with Gasteiger partial charge in [0.05, 0.1) is 23.3 Å². The summed E-state index contributed by atoms with van der Waals surface area (Å²) >= 11 is 14.3. The molecule has 37 nitrogen and oxygen atoms in total. The summed E-state index contributed by atoms with van der Waals surface area (Å²) in [4.78, 5) is 126. The predicted molar refractivity (Wildman–Crippen MR) is 410 cm³/mol. The number of rotatable bonds is 14. The van der Waals surface area contributed by atoms with Crippen LogP contribution in [0.3, 0.4) is 0 Å². The number of fused-ring (bicyclic) bond motifs is 14. The van der Waals surface area contributed by atoms with Gasteiger partial charge in [-0.3, -0.25) is 38.4 Å². The van der Waals surface area contributed by atoms with Crippen molar-refractivity contribution in [1.29, 1.82) is 0 Å². The number of ether oxygens (including phenoxy) is 7. The largest absolute Gasteiger partial charge is 0.508 e. The van der Waals surface area contributed by atoms with Gasteiger partial charge in [0.25, 0.3) is 0 Å². The number of benzene rings is 7. The molecule has 2 fully saturated rings. The topological polar surface area (TPSA) is 569 Å². The molecule has 18 atom stereocenters. The Hall–Kier alpha value is -11.4. The van der Waals surface area contributed by atoms with Gasteiger partial charge in [-0.2, -0.15) is 0 Å². The summed E-state index contributed by atoms with van der Waals surface area (Å²) in [6, 6.07) is 5.05. The van der Waals surface area contributed by atoms with Gasteiger partial charge in [-0.05, 0) is 144 Å². The molecule has 7 aromatic rings. The van der Waals surface area contributed by atoms with Gasteiger partial charge in [-0.25, -0.2) is 0 Å². The Labute approximate surface area is 680 Å². The van der Waals surface area contributed by atoms with Gasteiger partial charge >= 0.3 is 0 Å². The highest BCUT2D eigenvalue weighted by Gasteiger charge is 2.51. The summed E-state index contributed by atoms with van der Waals surface area (Å²) in [5, 5.41) is 157. The van der Waals surface area contributed by atoms with Crippen molar-refractivity contribution < 1.29 is 133 Å². The highest BCUT2D eigenvalue weighted by atomic mass is 35.5. The molecule has 8 amide bonds. The fourth-order valence-corrected chi connectivity index (χ4v) is 15.1. The van der Waals surface area contributed by atoms with Gasteiger partial charge in [0.2, 0.25) is 59.3 Å². The van der Waals surface area contributed by atoms with Crippen LogP contribution in [0.1, 0.15) is 102 Å². The highest BCUT2D eigenvalue weighted by Crippen LogP contribution is 2.50. The molecule has 7 aromatic carbocycles. The van der Waals surface area contributed by atoms with Crippen molar-refractivity contribution >= 4 is 70.5 Å². The molecular weight excluding hydrogens is 1590 g/mol. The van der Waals surface area contributed by atoms with Crippen LogP contribution < -0.4 is 67.2 Å². The van der Waals surface area contributed by atoms with Gasteiger partial charge in [-0.15, -0.1) is 0 Å². The van der Waals surface area contributed by atoms with Crippen LogP contribution in [-0.4, -0.2) is 226 Å². The molecule has 8 aliphatic rings.